The van der Waals surface area contributed by atoms with Gasteiger partial charge in [0.1, 0.15) is 10.7 Å². The van der Waals surface area contributed by atoms with Crippen LogP contribution in [-0.2, 0) is 19.9 Å². The van der Waals surface area contributed by atoms with Crippen LogP contribution in [0.15, 0.2) is 39.1 Å². The van der Waals surface area contributed by atoms with E-state index in [0.29, 0.717) is 4.48 Å². The molecule has 0 fully saturated rings. The molecule has 106 valence electrons. The third kappa shape index (κ3) is 4.37. The van der Waals surface area contributed by atoms with Crippen LogP contribution in [0.5, 0.6) is 0 Å². The average molecular weight is 372 g/mol. The second-order valence-electron chi connectivity index (χ2n) is 3.71. The molecule has 0 radical (unpaired) electrons. The topological polar surface area (TPSA) is 80.3 Å². The highest BCUT2D eigenvalue weighted by Crippen LogP contribution is 2.19. The van der Waals surface area contributed by atoms with Crippen LogP contribution in [0, 0.1) is 5.82 Å². The summed E-state index contributed by atoms with van der Waals surface area (Å²) in [5.41, 5.74) is 0. The van der Waals surface area contributed by atoms with E-state index >= 15 is 0 Å². The Hall–Kier alpha value is -0.770. The fourth-order valence-corrected chi connectivity index (χ4v) is 3.35. The van der Waals surface area contributed by atoms with Crippen molar-refractivity contribution < 1.29 is 21.2 Å². The summed E-state index contributed by atoms with van der Waals surface area (Å²) in [6.07, 6.45) is 0.907. The van der Waals surface area contributed by atoms with Crippen molar-refractivity contribution in [2.75, 3.05) is 12.8 Å². The second-order valence-corrected chi connectivity index (χ2v) is 8.58. The monoisotopic (exact) mass is 371 g/mol. The third-order valence-electron chi connectivity index (χ3n) is 2.07. The first-order valence-electron chi connectivity index (χ1n) is 4.86. The van der Waals surface area contributed by atoms with E-state index in [2.05, 4.69) is 27.2 Å². The molecule has 0 aromatic heterocycles. The van der Waals surface area contributed by atoms with Gasteiger partial charge in [0, 0.05) is 17.3 Å². The lowest BCUT2D eigenvalue weighted by atomic mass is 10.3. The number of sulfone groups is 1. The summed E-state index contributed by atoms with van der Waals surface area (Å²) in [5, 5.41) is 0. The molecule has 1 aromatic rings. The van der Waals surface area contributed by atoms with Crippen molar-refractivity contribution in [1.82, 2.24) is 4.72 Å². The normalized spacial score (nSPS) is 12.4. The van der Waals surface area contributed by atoms with Crippen LogP contribution in [-0.4, -0.2) is 29.6 Å². The quantitative estimate of drug-likeness (QED) is 0.793. The first kappa shape index (κ1) is 16.3. The number of rotatable bonds is 5. The molecular weight excluding hydrogens is 361 g/mol. The molecule has 0 spiro atoms. The summed E-state index contributed by atoms with van der Waals surface area (Å²) >= 11 is 2.95. The molecule has 0 atom stereocenters. The highest BCUT2D eigenvalue weighted by atomic mass is 79.9. The summed E-state index contributed by atoms with van der Waals surface area (Å²) in [4.78, 5) is -0.990. The number of benzene rings is 1. The molecule has 9 heteroatoms. The zero-order chi connectivity index (χ0) is 14.8. The Kier molecular flexibility index (Phi) is 4.88. The van der Waals surface area contributed by atoms with Crippen molar-refractivity contribution >= 4 is 35.8 Å². The van der Waals surface area contributed by atoms with Crippen molar-refractivity contribution in [1.29, 1.82) is 0 Å². The zero-order valence-corrected chi connectivity index (χ0v) is 13.1. The fourth-order valence-electron chi connectivity index (χ4n) is 1.17. The predicted molar refractivity (Wildman–Crippen MR) is 72.8 cm³/mol. The van der Waals surface area contributed by atoms with Crippen LogP contribution in [0.4, 0.5) is 4.39 Å². The van der Waals surface area contributed by atoms with E-state index in [-0.39, 0.29) is 11.4 Å². The van der Waals surface area contributed by atoms with Gasteiger partial charge in [-0.15, -0.1) is 0 Å². The Morgan fingerprint density at radius 3 is 2.42 bits per heavy atom. The molecule has 0 aliphatic carbocycles. The van der Waals surface area contributed by atoms with Gasteiger partial charge < -0.3 is 0 Å². The van der Waals surface area contributed by atoms with Gasteiger partial charge in [-0.2, -0.15) is 0 Å². The van der Waals surface area contributed by atoms with Crippen LogP contribution < -0.4 is 4.72 Å². The summed E-state index contributed by atoms with van der Waals surface area (Å²) in [6, 6.07) is 2.59. The standard InChI is InChI=1S/C10H11BrFNO4S2/c1-7(11)6-13-19(16,17)10-5-8(18(2,14)15)3-4-9(10)12/h3-5,13H,1,6H2,2H3. The van der Waals surface area contributed by atoms with Gasteiger partial charge in [0.25, 0.3) is 0 Å². The van der Waals surface area contributed by atoms with E-state index in [1.165, 1.54) is 0 Å². The molecule has 5 nitrogen and oxygen atoms in total. The molecule has 0 unspecified atom stereocenters. The van der Waals surface area contributed by atoms with Gasteiger partial charge in [-0.05, 0) is 18.2 Å². The molecule has 0 saturated heterocycles. The van der Waals surface area contributed by atoms with Crippen molar-refractivity contribution in [2.24, 2.45) is 0 Å². The van der Waals surface area contributed by atoms with E-state index < -0.39 is 30.6 Å². The Morgan fingerprint density at radius 1 is 1.37 bits per heavy atom. The molecule has 0 saturated carbocycles. The minimum absolute atomic E-state index is 0.134. The van der Waals surface area contributed by atoms with Crippen LogP contribution in [0.1, 0.15) is 0 Å². The lowest BCUT2D eigenvalue weighted by Crippen LogP contribution is -2.26. The van der Waals surface area contributed by atoms with Gasteiger partial charge in [-0.1, -0.05) is 22.5 Å². The Labute approximate surface area is 119 Å². The Morgan fingerprint density at radius 2 is 1.95 bits per heavy atom. The molecule has 0 heterocycles. The first-order valence-corrected chi connectivity index (χ1v) is 9.03. The van der Waals surface area contributed by atoms with Gasteiger partial charge >= 0.3 is 0 Å². The van der Waals surface area contributed by atoms with Gasteiger partial charge in [0.2, 0.25) is 10.0 Å². The zero-order valence-electron chi connectivity index (χ0n) is 9.85. The first-order chi connectivity index (χ1) is 8.54. The number of sulfonamides is 1. The summed E-state index contributed by atoms with van der Waals surface area (Å²) < 4.78 is 62.3. The number of hydrogen-bond acceptors (Lipinski definition) is 4. The predicted octanol–water partition coefficient (Wildman–Crippen LogP) is 1.42. The Bertz CT molecular complexity index is 713. The van der Waals surface area contributed by atoms with E-state index in [9.17, 15) is 21.2 Å². The van der Waals surface area contributed by atoms with Gasteiger partial charge in [0.15, 0.2) is 9.84 Å². The SMILES string of the molecule is C=C(Br)CNS(=O)(=O)c1cc(S(C)(=O)=O)ccc1F. The van der Waals surface area contributed by atoms with Crippen molar-refractivity contribution in [3.05, 3.63) is 35.1 Å². The molecular formula is C10H11BrFNO4S2. The number of halogens is 2. The van der Waals surface area contributed by atoms with Crippen LogP contribution in [0.25, 0.3) is 0 Å². The number of nitrogens with one attached hydrogen (secondary N) is 1. The van der Waals surface area contributed by atoms with Gasteiger partial charge in [-0.25, -0.2) is 25.9 Å². The number of hydrogen-bond donors (Lipinski definition) is 1. The molecule has 0 aliphatic rings. The van der Waals surface area contributed by atoms with Crippen molar-refractivity contribution in [3.8, 4) is 0 Å². The lowest BCUT2D eigenvalue weighted by Gasteiger charge is -2.08. The maximum atomic E-state index is 13.5. The third-order valence-corrected chi connectivity index (χ3v) is 4.88. The smallest absolute Gasteiger partial charge is 0.224 e. The van der Waals surface area contributed by atoms with Crippen LogP contribution >= 0.6 is 15.9 Å². The van der Waals surface area contributed by atoms with Crippen molar-refractivity contribution in [2.45, 2.75) is 9.79 Å². The minimum Gasteiger partial charge on any atom is -0.224 e. The molecule has 0 bridgehead atoms. The average Bonchev–Trinajstić information content (AvgIpc) is 2.25. The van der Waals surface area contributed by atoms with E-state index in [1.807, 2.05) is 0 Å². The fraction of sp³-hybridized carbons (Fsp3) is 0.200. The largest absolute Gasteiger partial charge is 0.243 e. The van der Waals surface area contributed by atoms with E-state index in [1.54, 1.807) is 0 Å². The summed E-state index contributed by atoms with van der Waals surface area (Å²) in [6.45, 7) is 3.30. The van der Waals surface area contributed by atoms with Crippen LogP contribution in [0.2, 0.25) is 0 Å². The van der Waals surface area contributed by atoms with Gasteiger partial charge in [-0.3, -0.25) is 0 Å². The molecule has 1 aromatic carbocycles. The molecule has 0 aliphatic heterocycles. The highest BCUT2D eigenvalue weighted by molar-refractivity contribution is 9.11. The molecule has 1 rings (SSSR count). The summed E-state index contributed by atoms with van der Waals surface area (Å²) in [7, 11) is -7.77. The maximum Gasteiger partial charge on any atom is 0.243 e. The van der Waals surface area contributed by atoms with Crippen molar-refractivity contribution in [3.63, 3.8) is 0 Å². The molecule has 1 N–H and O–H groups in total. The van der Waals surface area contributed by atoms with Crippen LogP contribution in [0.3, 0.4) is 0 Å². The minimum atomic E-state index is -4.15. The second kappa shape index (κ2) is 5.70. The van der Waals surface area contributed by atoms with E-state index in [4.69, 9.17) is 0 Å². The van der Waals surface area contributed by atoms with E-state index in [0.717, 1.165) is 24.5 Å². The molecule has 0 amide bonds. The maximum absolute atomic E-state index is 13.5. The van der Waals surface area contributed by atoms with Gasteiger partial charge in [0.05, 0.1) is 4.90 Å². The molecule has 19 heavy (non-hydrogen) atoms. The highest BCUT2D eigenvalue weighted by Gasteiger charge is 2.21. The summed E-state index contributed by atoms with van der Waals surface area (Å²) in [5.74, 6) is -1.03. The Balaban J connectivity index is 3.30. The lowest BCUT2D eigenvalue weighted by molar-refractivity contribution is 0.557.